The van der Waals surface area contributed by atoms with E-state index in [9.17, 15) is 10.2 Å². The van der Waals surface area contributed by atoms with Gasteiger partial charge in [-0.05, 0) is 89.6 Å². The van der Waals surface area contributed by atoms with Gasteiger partial charge >= 0.3 is 0 Å². The van der Waals surface area contributed by atoms with Gasteiger partial charge in [0.05, 0.1) is 14.2 Å². The lowest BCUT2D eigenvalue weighted by molar-refractivity contribution is 0.391. The normalized spacial score (nSPS) is 11.5. The predicted octanol–water partition coefficient (Wildman–Crippen LogP) is 8.03. The monoisotopic (exact) mass is 476 g/mol. The molecule has 2 N–H and O–H groups in total. The Hall–Kier alpha value is -3.40. The number of phenolic OH excluding ortho intramolecular Hbond substituents is 2. The average Bonchev–Trinajstić information content (AvgIpc) is 2.81. The van der Waals surface area contributed by atoms with Crippen molar-refractivity contribution < 1.29 is 19.7 Å². The highest BCUT2D eigenvalue weighted by Gasteiger charge is 2.11. The van der Waals surface area contributed by atoms with Gasteiger partial charge in [-0.2, -0.15) is 0 Å². The van der Waals surface area contributed by atoms with Gasteiger partial charge in [0.2, 0.25) is 0 Å². The summed E-state index contributed by atoms with van der Waals surface area (Å²) in [6.07, 6.45) is 13.8. The molecular formula is C31H40O4. The highest BCUT2D eigenvalue weighted by Crippen LogP contribution is 2.34. The third kappa shape index (κ3) is 8.71. The van der Waals surface area contributed by atoms with Gasteiger partial charge in [-0.15, -0.1) is 0 Å². The van der Waals surface area contributed by atoms with Crippen LogP contribution in [0.4, 0.5) is 0 Å². The van der Waals surface area contributed by atoms with Crippen molar-refractivity contribution in [2.45, 2.75) is 60.3 Å². The summed E-state index contributed by atoms with van der Waals surface area (Å²) in [5.41, 5.74) is 7.37. The molecule has 4 nitrogen and oxygen atoms in total. The van der Waals surface area contributed by atoms with Gasteiger partial charge in [0.1, 0.15) is 11.5 Å². The van der Waals surface area contributed by atoms with Crippen molar-refractivity contribution in [2.75, 3.05) is 14.2 Å². The Morgan fingerprint density at radius 3 is 2.14 bits per heavy atom. The molecule has 0 saturated heterocycles. The Morgan fingerprint density at radius 1 is 0.800 bits per heavy atom. The summed E-state index contributed by atoms with van der Waals surface area (Å²) >= 11 is 0. The van der Waals surface area contributed by atoms with Crippen molar-refractivity contribution in [3.8, 4) is 23.0 Å². The van der Waals surface area contributed by atoms with E-state index in [2.05, 4.69) is 32.9 Å². The Balaban J connectivity index is 2.42. The van der Waals surface area contributed by atoms with Crippen molar-refractivity contribution >= 4 is 12.2 Å². The molecule has 0 heterocycles. The Kier molecular flexibility index (Phi) is 10.7. The van der Waals surface area contributed by atoms with Crippen LogP contribution in [0.1, 0.15) is 69.7 Å². The lowest BCUT2D eigenvalue weighted by atomic mass is 9.98. The molecule has 0 aromatic heterocycles. The smallest absolute Gasteiger partial charge is 0.161 e. The zero-order valence-electron chi connectivity index (χ0n) is 22.2. The summed E-state index contributed by atoms with van der Waals surface area (Å²) in [4.78, 5) is 0. The van der Waals surface area contributed by atoms with E-state index in [1.807, 2.05) is 50.3 Å². The van der Waals surface area contributed by atoms with E-state index in [-0.39, 0.29) is 11.5 Å². The minimum absolute atomic E-state index is 0.0721. The van der Waals surface area contributed by atoms with E-state index < -0.39 is 0 Å². The summed E-state index contributed by atoms with van der Waals surface area (Å²) in [6.45, 7) is 10.4. The standard InChI is InChI=1S/C31H40O4/c1-21(2)9-8-10-23(5)12-16-28-25(19-27(34-6)20-30(28)35-7)15-13-24-17-26(14-11-22(3)4)31(33)29(32)18-24/h9,11-13,15,17-20,32-33H,8,10,14,16H2,1-7H3/b15-13+,23-12+. The van der Waals surface area contributed by atoms with Gasteiger partial charge in [0.25, 0.3) is 0 Å². The average molecular weight is 477 g/mol. The number of allylic oxidation sites excluding steroid dienone is 6. The van der Waals surface area contributed by atoms with Gasteiger partial charge in [-0.25, -0.2) is 0 Å². The maximum atomic E-state index is 10.3. The van der Waals surface area contributed by atoms with Gasteiger partial charge in [-0.3, -0.25) is 0 Å². The number of ether oxygens (including phenoxy) is 2. The fourth-order valence-corrected chi connectivity index (χ4v) is 3.73. The van der Waals surface area contributed by atoms with E-state index in [0.29, 0.717) is 17.7 Å². The molecule has 0 bridgehead atoms. The number of phenols is 2. The minimum Gasteiger partial charge on any atom is -0.504 e. The van der Waals surface area contributed by atoms with E-state index in [4.69, 9.17) is 9.47 Å². The highest BCUT2D eigenvalue weighted by molar-refractivity contribution is 5.75. The molecule has 0 fully saturated rings. The summed E-state index contributed by atoms with van der Waals surface area (Å²) in [5.74, 6) is 1.29. The molecule has 0 aliphatic rings. The van der Waals surface area contributed by atoms with Gasteiger partial charge in [0, 0.05) is 17.2 Å². The molecule has 0 spiro atoms. The summed E-state index contributed by atoms with van der Waals surface area (Å²) in [5, 5.41) is 20.5. The third-order valence-electron chi connectivity index (χ3n) is 5.80. The van der Waals surface area contributed by atoms with Crippen molar-refractivity contribution in [2.24, 2.45) is 0 Å². The molecule has 0 amide bonds. The maximum Gasteiger partial charge on any atom is 0.161 e. The predicted molar refractivity (Wildman–Crippen MR) is 148 cm³/mol. The van der Waals surface area contributed by atoms with Crippen LogP contribution in [0.15, 0.2) is 59.2 Å². The minimum atomic E-state index is -0.123. The van der Waals surface area contributed by atoms with Crippen LogP contribution < -0.4 is 9.47 Å². The summed E-state index contributed by atoms with van der Waals surface area (Å²) in [6, 6.07) is 7.37. The topological polar surface area (TPSA) is 58.9 Å². The van der Waals surface area contributed by atoms with Crippen LogP contribution in [-0.2, 0) is 12.8 Å². The number of hydrogen-bond acceptors (Lipinski definition) is 4. The molecular weight excluding hydrogens is 436 g/mol. The molecule has 35 heavy (non-hydrogen) atoms. The van der Waals surface area contributed by atoms with Crippen molar-refractivity contribution in [3.63, 3.8) is 0 Å². The Bertz CT molecular complexity index is 1130. The number of rotatable bonds is 11. The van der Waals surface area contributed by atoms with Crippen LogP contribution in [0.25, 0.3) is 12.2 Å². The van der Waals surface area contributed by atoms with Crippen molar-refractivity contribution in [1.82, 2.24) is 0 Å². The molecule has 188 valence electrons. The first-order valence-electron chi connectivity index (χ1n) is 12.0. The first-order valence-corrected chi connectivity index (χ1v) is 12.0. The molecule has 0 unspecified atom stereocenters. The second-order valence-corrected chi connectivity index (χ2v) is 9.34. The van der Waals surface area contributed by atoms with E-state index in [1.54, 1.807) is 20.3 Å². The molecule has 0 aliphatic carbocycles. The molecule has 2 aromatic rings. The van der Waals surface area contributed by atoms with Crippen LogP contribution in [-0.4, -0.2) is 24.4 Å². The number of methoxy groups -OCH3 is 2. The lowest BCUT2D eigenvalue weighted by Gasteiger charge is -2.14. The second kappa shape index (κ2) is 13.5. The van der Waals surface area contributed by atoms with Crippen LogP contribution in [0.2, 0.25) is 0 Å². The first-order chi connectivity index (χ1) is 16.6. The fourth-order valence-electron chi connectivity index (χ4n) is 3.73. The van der Waals surface area contributed by atoms with Crippen LogP contribution in [0.3, 0.4) is 0 Å². The number of hydrogen-bond donors (Lipinski definition) is 2. The van der Waals surface area contributed by atoms with Crippen molar-refractivity contribution in [3.05, 3.63) is 81.5 Å². The van der Waals surface area contributed by atoms with Gasteiger partial charge in [-0.1, -0.05) is 47.1 Å². The number of aromatic hydroxyl groups is 2. The molecule has 0 saturated carbocycles. The maximum absolute atomic E-state index is 10.3. The van der Waals surface area contributed by atoms with Crippen LogP contribution in [0, 0.1) is 0 Å². The van der Waals surface area contributed by atoms with E-state index in [1.165, 1.54) is 11.1 Å². The largest absolute Gasteiger partial charge is 0.504 e. The molecule has 4 heteroatoms. The molecule has 2 rings (SSSR count). The molecule has 0 radical (unpaired) electrons. The quantitative estimate of drug-likeness (QED) is 0.196. The fraction of sp³-hybridized carbons (Fsp3) is 0.355. The number of benzene rings is 2. The SMILES string of the molecule is COc1cc(/C=C/c2cc(O)c(O)c(CC=C(C)C)c2)c(C/C=C(\C)CCC=C(C)C)c(OC)c1. The van der Waals surface area contributed by atoms with Gasteiger partial charge < -0.3 is 19.7 Å². The first kappa shape index (κ1) is 27.8. The van der Waals surface area contributed by atoms with Crippen LogP contribution in [0.5, 0.6) is 23.0 Å². The van der Waals surface area contributed by atoms with Crippen LogP contribution >= 0.6 is 0 Å². The zero-order chi connectivity index (χ0) is 26.0. The van der Waals surface area contributed by atoms with E-state index in [0.717, 1.165) is 47.3 Å². The van der Waals surface area contributed by atoms with E-state index >= 15 is 0 Å². The lowest BCUT2D eigenvalue weighted by Crippen LogP contribution is -1.97. The molecule has 0 atom stereocenters. The highest BCUT2D eigenvalue weighted by atomic mass is 16.5. The Morgan fingerprint density at radius 2 is 1.51 bits per heavy atom. The molecule has 2 aromatic carbocycles. The third-order valence-corrected chi connectivity index (χ3v) is 5.80. The second-order valence-electron chi connectivity index (χ2n) is 9.34. The Labute approximate surface area is 210 Å². The summed E-state index contributed by atoms with van der Waals surface area (Å²) < 4.78 is 11.2. The summed E-state index contributed by atoms with van der Waals surface area (Å²) in [7, 11) is 3.31. The zero-order valence-corrected chi connectivity index (χ0v) is 22.2. The molecule has 0 aliphatic heterocycles. The van der Waals surface area contributed by atoms with Crippen molar-refractivity contribution in [1.29, 1.82) is 0 Å². The van der Waals surface area contributed by atoms with Gasteiger partial charge in [0.15, 0.2) is 11.5 Å².